The minimum atomic E-state index is -0.496. The maximum Gasteiger partial charge on any atom is 0.243 e. The lowest BCUT2D eigenvalue weighted by atomic mass is 9.82. The van der Waals surface area contributed by atoms with Crippen molar-refractivity contribution in [3.8, 4) is 0 Å². The summed E-state index contributed by atoms with van der Waals surface area (Å²) in [5.74, 6) is -0.324. The maximum absolute atomic E-state index is 13.2. The number of ether oxygens (including phenoxy) is 1. The molecule has 1 unspecified atom stereocenters. The highest BCUT2D eigenvalue weighted by atomic mass is 19.1. The molecule has 1 aromatic heterocycles. The van der Waals surface area contributed by atoms with E-state index >= 15 is 0 Å². The Hall–Kier alpha value is -2.14. The number of nitrogens with one attached hydrogen (secondary N) is 1. The lowest BCUT2D eigenvalue weighted by molar-refractivity contribution is -0.127. The van der Waals surface area contributed by atoms with Gasteiger partial charge in [-0.2, -0.15) is 0 Å². The number of benzene rings is 1. The van der Waals surface area contributed by atoms with Gasteiger partial charge in [0.1, 0.15) is 11.9 Å². The number of aromatic nitrogens is 1. The fraction of sp³-hybridized carbons (Fsp3) is 0.389. The second-order valence-corrected chi connectivity index (χ2v) is 6.00. The maximum atomic E-state index is 13.2. The minimum Gasteiger partial charge on any atom is -0.381 e. The highest BCUT2D eigenvalue weighted by molar-refractivity contribution is 5.81. The Balaban J connectivity index is 1.84. The lowest BCUT2D eigenvalue weighted by Crippen LogP contribution is -2.51. The SMILES string of the molecule is CC(C(=O)NC1(c2ccc(F)cc2)CCOCC1)n1cccc1. The van der Waals surface area contributed by atoms with E-state index < -0.39 is 5.54 Å². The van der Waals surface area contributed by atoms with Crippen molar-refractivity contribution in [2.24, 2.45) is 0 Å². The highest BCUT2D eigenvalue weighted by Gasteiger charge is 2.37. The van der Waals surface area contributed by atoms with Gasteiger partial charge in [0.05, 0.1) is 5.54 Å². The standard InChI is InChI=1S/C18H21FN2O2/c1-14(21-10-2-3-11-21)17(22)20-18(8-12-23-13-9-18)15-4-6-16(19)7-5-15/h2-7,10-11,14H,8-9,12-13H2,1H3,(H,20,22). The number of carbonyl (C=O) groups excluding carboxylic acids is 1. The number of halogens is 1. The molecule has 1 aliphatic rings. The van der Waals surface area contributed by atoms with E-state index in [9.17, 15) is 9.18 Å². The van der Waals surface area contributed by atoms with Crippen molar-refractivity contribution >= 4 is 5.91 Å². The van der Waals surface area contributed by atoms with Gasteiger partial charge in [0, 0.05) is 25.6 Å². The van der Waals surface area contributed by atoms with Gasteiger partial charge in [-0.3, -0.25) is 4.79 Å². The van der Waals surface area contributed by atoms with Crippen LogP contribution in [0.2, 0.25) is 0 Å². The van der Waals surface area contributed by atoms with Gasteiger partial charge in [0.15, 0.2) is 0 Å². The van der Waals surface area contributed by atoms with Gasteiger partial charge in [0.2, 0.25) is 5.91 Å². The molecule has 3 rings (SSSR count). The molecule has 0 bridgehead atoms. The van der Waals surface area contributed by atoms with E-state index in [1.165, 1.54) is 12.1 Å². The van der Waals surface area contributed by atoms with E-state index in [0.717, 1.165) is 5.56 Å². The topological polar surface area (TPSA) is 43.3 Å². The number of hydrogen-bond acceptors (Lipinski definition) is 2. The number of hydrogen-bond donors (Lipinski definition) is 1. The zero-order valence-electron chi connectivity index (χ0n) is 13.2. The molecule has 0 saturated carbocycles. The van der Waals surface area contributed by atoms with Gasteiger partial charge in [0.25, 0.3) is 0 Å². The molecule has 5 heteroatoms. The number of nitrogens with zero attached hydrogens (tertiary/aromatic N) is 1. The fourth-order valence-corrected chi connectivity index (χ4v) is 3.06. The van der Waals surface area contributed by atoms with Gasteiger partial charge in [-0.25, -0.2) is 4.39 Å². The number of rotatable bonds is 4. The van der Waals surface area contributed by atoms with Crippen LogP contribution in [0.3, 0.4) is 0 Å². The van der Waals surface area contributed by atoms with Gasteiger partial charge < -0.3 is 14.6 Å². The monoisotopic (exact) mass is 316 g/mol. The molecule has 1 aromatic carbocycles. The summed E-state index contributed by atoms with van der Waals surface area (Å²) >= 11 is 0. The molecule has 1 fully saturated rings. The second-order valence-electron chi connectivity index (χ2n) is 6.00. The zero-order valence-corrected chi connectivity index (χ0v) is 13.2. The molecule has 0 aliphatic carbocycles. The van der Waals surface area contributed by atoms with Crippen molar-refractivity contribution in [2.75, 3.05) is 13.2 Å². The summed E-state index contributed by atoms with van der Waals surface area (Å²) in [7, 11) is 0. The first-order valence-corrected chi connectivity index (χ1v) is 7.89. The molecule has 0 spiro atoms. The Kier molecular flexibility index (Phi) is 4.48. The number of carbonyl (C=O) groups is 1. The van der Waals surface area contributed by atoms with Crippen LogP contribution in [-0.2, 0) is 15.1 Å². The Morgan fingerprint density at radius 2 is 1.83 bits per heavy atom. The lowest BCUT2D eigenvalue weighted by Gasteiger charge is -2.39. The van der Waals surface area contributed by atoms with Crippen LogP contribution >= 0.6 is 0 Å². The van der Waals surface area contributed by atoms with E-state index in [-0.39, 0.29) is 17.8 Å². The largest absolute Gasteiger partial charge is 0.381 e. The third kappa shape index (κ3) is 3.29. The van der Waals surface area contributed by atoms with Crippen LogP contribution in [0.5, 0.6) is 0 Å². The predicted octanol–water partition coefficient (Wildman–Crippen LogP) is 3.01. The summed E-state index contributed by atoms with van der Waals surface area (Å²) in [4.78, 5) is 12.7. The first-order chi connectivity index (χ1) is 11.1. The third-order valence-corrected chi connectivity index (χ3v) is 4.56. The average Bonchev–Trinajstić information content (AvgIpc) is 3.10. The van der Waals surface area contributed by atoms with E-state index in [4.69, 9.17) is 4.74 Å². The van der Waals surface area contributed by atoms with Gasteiger partial charge >= 0.3 is 0 Å². The van der Waals surface area contributed by atoms with Gasteiger partial charge in [-0.05, 0) is 49.6 Å². The molecule has 1 atom stereocenters. The first-order valence-electron chi connectivity index (χ1n) is 7.89. The third-order valence-electron chi connectivity index (χ3n) is 4.56. The van der Waals surface area contributed by atoms with E-state index in [0.29, 0.717) is 26.1 Å². The average molecular weight is 316 g/mol. The Morgan fingerprint density at radius 3 is 2.43 bits per heavy atom. The first kappa shape index (κ1) is 15.7. The van der Waals surface area contributed by atoms with Crippen molar-refractivity contribution in [3.05, 3.63) is 60.2 Å². The Labute approximate surface area is 135 Å². The predicted molar refractivity (Wildman–Crippen MR) is 85.4 cm³/mol. The van der Waals surface area contributed by atoms with Crippen LogP contribution in [0.4, 0.5) is 4.39 Å². The molecule has 2 heterocycles. The van der Waals surface area contributed by atoms with Crippen molar-refractivity contribution in [1.82, 2.24) is 9.88 Å². The molecule has 1 amide bonds. The molecule has 122 valence electrons. The minimum absolute atomic E-state index is 0.0487. The normalized spacial score (nSPS) is 18.3. The van der Waals surface area contributed by atoms with Crippen LogP contribution in [0.25, 0.3) is 0 Å². The second kappa shape index (κ2) is 6.54. The van der Waals surface area contributed by atoms with Crippen molar-refractivity contribution < 1.29 is 13.9 Å². The van der Waals surface area contributed by atoms with E-state index in [2.05, 4.69) is 5.32 Å². The smallest absolute Gasteiger partial charge is 0.243 e. The molecule has 4 nitrogen and oxygen atoms in total. The van der Waals surface area contributed by atoms with Crippen molar-refractivity contribution in [1.29, 1.82) is 0 Å². The summed E-state index contributed by atoms with van der Waals surface area (Å²) in [5, 5.41) is 3.19. The molecule has 2 aromatic rings. The summed E-state index contributed by atoms with van der Waals surface area (Å²) in [6.45, 7) is 3.03. The number of amides is 1. The van der Waals surface area contributed by atoms with E-state index in [1.807, 2.05) is 36.0 Å². The molecule has 1 saturated heterocycles. The molecular formula is C18H21FN2O2. The van der Waals surface area contributed by atoms with Crippen LogP contribution in [0, 0.1) is 5.82 Å². The molecular weight excluding hydrogens is 295 g/mol. The van der Waals surface area contributed by atoms with Crippen LogP contribution in [0.15, 0.2) is 48.8 Å². The summed E-state index contributed by atoms with van der Waals surface area (Å²) in [6, 6.07) is 9.87. The quantitative estimate of drug-likeness (QED) is 0.942. The Bertz CT molecular complexity index is 646. The van der Waals surface area contributed by atoms with E-state index in [1.54, 1.807) is 12.1 Å². The van der Waals surface area contributed by atoms with Gasteiger partial charge in [-0.1, -0.05) is 12.1 Å². The fourth-order valence-electron chi connectivity index (χ4n) is 3.06. The van der Waals surface area contributed by atoms with Gasteiger partial charge in [-0.15, -0.1) is 0 Å². The zero-order chi connectivity index (χ0) is 16.3. The van der Waals surface area contributed by atoms with Crippen LogP contribution < -0.4 is 5.32 Å². The Morgan fingerprint density at radius 1 is 1.22 bits per heavy atom. The van der Waals surface area contributed by atoms with Crippen molar-refractivity contribution in [2.45, 2.75) is 31.3 Å². The molecule has 1 N–H and O–H groups in total. The summed E-state index contributed by atoms with van der Waals surface area (Å²) < 4.78 is 20.6. The summed E-state index contributed by atoms with van der Waals surface area (Å²) in [5.41, 5.74) is 0.431. The summed E-state index contributed by atoms with van der Waals surface area (Å²) in [6.07, 6.45) is 5.11. The molecule has 1 aliphatic heterocycles. The highest BCUT2D eigenvalue weighted by Crippen LogP contribution is 2.33. The van der Waals surface area contributed by atoms with Crippen molar-refractivity contribution in [3.63, 3.8) is 0 Å². The van der Waals surface area contributed by atoms with Crippen LogP contribution in [-0.4, -0.2) is 23.7 Å². The van der Waals surface area contributed by atoms with Crippen LogP contribution in [0.1, 0.15) is 31.4 Å². The molecule has 23 heavy (non-hydrogen) atoms. The molecule has 0 radical (unpaired) electrons.